The molecule has 4 aromatic carbocycles. The van der Waals surface area contributed by atoms with Gasteiger partial charge in [0.15, 0.2) is 5.78 Å². The molecule has 0 aromatic heterocycles. The molecule has 4 aromatic rings. The summed E-state index contributed by atoms with van der Waals surface area (Å²) in [5.74, 6) is -0.445. The molecule has 0 bridgehead atoms. The minimum Gasteiger partial charge on any atom is -0.324 e. The summed E-state index contributed by atoms with van der Waals surface area (Å²) in [6, 6.07) is 38.0. The molecule has 2 saturated heterocycles. The van der Waals surface area contributed by atoms with Gasteiger partial charge < -0.3 is 10.2 Å². The highest BCUT2D eigenvalue weighted by atomic mass is 16.2. The lowest BCUT2D eigenvalue weighted by atomic mass is 9.55. The Labute approximate surface area is 234 Å². The molecule has 7 rings (SSSR count). The first-order chi connectivity index (χ1) is 19.5. The van der Waals surface area contributed by atoms with Crippen LogP contribution in [0.4, 0.5) is 5.69 Å². The number of hydrogen-bond acceptors (Lipinski definition) is 4. The lowest BCUT2D eigenvalue weighted by molar-refractivity contribution is -0.141. The average molecular weight is 526 g/mol. The van der Waals surface area contributed by atoms with E-state index < -0.39 is 11.0 Å². The van der Waals surface area contributed by atoms with Crippen molar-refractivity contribution in [2.75, 3.05) is 25.5 Å². The smallest absolute Gasteiger partial charge is 0.250 e. The molecule has 198 valence electrons. The van der Waals surface area contributed by atoms with E-state index in [0.29, 0.717) is 18.7 Å². The number of nitrogens with one attached hydrogen (secondary N) is 2. The van der Waals surface area contributed by atoms with Crippen molar-refractivity contribution in [3.63, 3.8) is 0 Å². The van der Waals surface area contributed by atoms with Crippen molar-refractivity contribution in [2.45, 2.75) is 17.5 Å². The number of para-hydroxylation sites is 1. The van der Waals surface area contributed by atoms with Crippen LogP contribution in [0.1, 0.15) is 34.2 Å². The number of piperidine rings is 1. The standard InChI is InChI=1S/C35H31N3O2/c1-38-22-27(21-24-13-5-2-6-14-24)32(39)34(23-38)30(25-15-7-3-8-16-25)31(26-17-9-4-10-18-26)37-35(34)28-19-11-12-20-29(28)36-33(35)40/h2-21,30-31,37H,22-23H2,1H3,(H,36,40)/b27-21+/t30-,31-,34-,35-/m1/s1. The number of nitrogens with zero attached hydrogens (tertiary/aromatic N) is 1. The summed E-state index contributed by atoms with van der Waals surface area (Å²) in [6.45, 7) is 0.960. The van der Waals surface area contributed by atoms with Gasteiger partial charge in [-0.2, -0.15) is 0 Å². The molecular formula is C35H31N3O2. The van der Waals surface area contributed by atoms with Crippen LogP contribution in [0.15, 0.2) is 121 Å². The van der Waals surface area contributed by atoms with Crippen molar-refractivity contribution in [1.29, 1.82) is 0 Å². The quantitative estimate of drug-likeness (QED) is 0.345. The Kier molecular flexibility index (Phi) is 5.81. The number of benzene rings is 4. The first-order valence-electron chi connectivity index (χ1n) is 13.8. The number of fused-ring (bicyclic) bond motifs is 3. The number of hydrogen-bond donors (Lipinski definition) is 2. The van der Waals surface area contributed by atoms with Crippen molar-refractivity contribution in [2.24, 2.45) is 5.41 Å². The highest BCUT2D eigenvalue weighted by Crippen LogP contribution is 2.65. The van der Waals surface area contributed by atoms with E-state index in [2.05, 4.69) is 46.8 Å². The van der Waals surface area contributed by atoms with Crippen LogP contribution in [0.3, 0.4) is 0 Å². The number of likely N-dealkylation sites (N-methyl/N-ethyl adjacent to an activating group) is 1. The normalized spacial score (nSPS) is 28.8. The van der Waals surface area contributed by atoms with Gasteiger partial charge in [-0.1, -0.05) is 109 Å². The van der Waals surface area contributed by atoms with Crippen molar-refractivity contribution < 1.29 is 9.59 Å². The Bertz CT molecular complexity index is 1620. The van der Waals surface area contributed by atoms with Crippen LogP contribution in [-0.4, -0.2) is 36.7 Å². The van der Waals surface area contributed by atoms with Gasteiger partial charge in [0.25, 0.3) is 5.91 Å². The molecule has 3 heterocycles. The van der Waals surface area contributed by atoms with Gasteiger partial charge in [0.05, 0.1) is 5.41 Å². The average Bonchev–Trinajstić information content (AvgIpc) is 3.45. The summed E-state index contributed by atoms with van der Waals surface area (Å²) < 4.78 is 0. The molecule has 3 aliphatic rings. The molecule has 2 fully saturated rings. The summed E-state index contributed by atoms with van der Waals surface area (Å²) in [5, 5.41) is 7.00. The number of ketones is 1. The third-order valence-electron chi connectivity index (χ3n) is 8.94. The van der Waals surface area contributed by atoms with E-state index in [1.165, 1.54) is 0 Å². The van der Waals surface area contributed by atoms with Crippen LogP contribution in [-0.2, 0) is 15.1 Å². The molecule has 0 unspecified atom stereocenters. The fraction of sp³-hybridized carbons (Fsp3) is 0.200. The molecular weight excluding hydrogens is 494 g/mol. The van der Waals surface area contributed by atoms with Crippen molar-refractivity contribution in [1.82, 2.24) is 10.2 Å². The number of amides is 1. The Balaban J connectivity index is 1.55. The Hall–Kier alpha value is -4.32. The molecule has 0 aliphatic carbocycles. The predicted molar refractivity (Wildman–Crippen MR) is 158 cm³/mol. The molecule has 0 radical (unpaired) electrons. The zero-order valence-corrected chi connectivity index (χ0v) is 22.4. The highest BCUT2D eigenvalue weighted by molar-refractivity contribution is 6.16. The summed E-state index contributed by atoms with van der Waals surface area (Å²) >= 11 is 0. The molecule has 1 amide bonds. The maximum atomic E-state index is 15.3. The Morgan fingerprint density at radius 1 is 0.775 bits per heavy atom. The third kappa shape index (κ3) is 3.48. The summed E-state index contributed by atoms with van der Waals surface area (Å²) in [7, 11) is 2.05. The number of carbonyl (C=O) groups excluding carboxylic acids is 2. The van der Waals surface area contributed by atoms with E-state index in [0.717, 1.165) is 27.9 Å². The third-order valence-corrected chi connectivity index (χ3v) is 8.94. The summed E-state index contributed by atoms with van der Waals surface area (Å²) in [6.07, 6.45) is 2.00. The topological polar surface area (TPSA) is 61.4 Å². The second kappa shape index (κ2) is 9.40. The molecule has 2 spiro atoms. The monoisotopic (exact) mass is 525 g/mol. The van der Waals surface area contributed by atoms with Gasteiger partial charge in [0, 0.05) is 41.9 Å². The van der Waals surface area contributed by atoms with Crippen LogP contribution in [0.5, 0.6) is 0 Å². The zero-order chi connectivity index (χ0) is 27.3. The number of anilines is 1. The maximum Gasteiger partial charge on any atom is 0.250 e. The zero-order valence-electron chi connectivity index (χ0n) is 22.4. The Morgan fingerprint density at radius 2 is 1.38 bits per heavy atom. The number of likely N-dealkylation sites (tertiary alicyclic amines) is 1. The number of Topliss-reactive ketones (excluding diaryl/α,β-unsaturated/α-hetero) is 1. The van der Waals surface area contributed by atoms with E-state index in [1.807, 2.05) is 97.1 Å². The van der Waals surface area contributed by atoms with E-state index in [9.17, 15) is 4.79 Å². The summed E-state index contributed by atoms with van der Waals surface area (Å²) in [4.78, 5) is 31.9. The van der Waals surface area contributed by atoms with Gasteiger partial charge in [-0.05, 0) is 35.9 Å². The van der Waals surface area contributed by atoms with Crippen LogP contribution in [0, 0.1) is 5.41 Å². The lowest BCUT2D eigenvalue weighted by Gasteiger charge is -2.49. The fourth-order valence-corrected chi connectivity index (χ4v) is 7.47. The largest absolute Gasteiger partial charge is 0.324 e. The van der Waals surface area contributed by atoms with Gasteiger partial charge in [-0.25, -0.2) is 0 Å². The van der Waals surface area contributed by atoms with Gasteiger partial charge in [0.1, 0.15) is 5.54 Å². The van der Waals surface area contributed by atoms with Crippen LogP contribution in [0.25, 0.3) is 6.08 Å². The Morgan fingerprint density at radius 3 is 2.08 bits per heavy atom. The minimum absolute atomic E-state index is 0.0288. The second-order valence-electron chi connectivity index (χ2n) is 11.2. The van der Waals surface area contributed by atoms with Crippen LogP contribution in [0.2, 0.25) is 0 Å². The summed E-state index contributed by atoms with van der Waals surface area (Å²) in [5.41, 5.74) is 3.01. The van der Waals surface area contributed by atoms with Crippen molar-refractivity contribution in [3.8, 4) is 0 Å². The van der Waals surface area contributed by atoms with Gasteiger partial charge >= 0.3 is 0 Å². The minimum atomic E-state index is -1.26. The molecule has 5 heteroatoms. The fourth-order valence-electron chi connectivity index (χ4n) is 7.47. The molecule has 5 nitrogen and oxygen atoms in total. The van der Waals surface area contributed by atoms with Crippen molar-refractivity contribution >= 4 is 23.5 Å². The van der Waals surface area contributed by atoms with Gasteiger partial charge in [-0.15, -0.1) is 0 Å². The molecule has 2 N–H and O–H groups in total. The first kappa shape index (κ1) is 24.7. The van der Waals surface area contributed by atoms with E-state index in [1.54, 1.807) is 0 Å². The van der Waals surface area contributed by atoms with E-state index in [-0.39, 0.29) is 23.7 Å². The molecule has 0 saturated carbocycles. The first-order valence-corrected chi connectivity index (χ1v) is 13.8. The van der Waals surface area contributed by atoms with Gasteiger partial charge in [0.2, 0.25) is 0 Å². The highest BCUT2D eigenvalue weighted by Gasteiger charge is 2.74. The van der Waals surface area contributed by atoms with Crippen molar-refractivity contribution in [3.05, 3.63) is 143 Å². The maximum absolute atomic E-state index is 15.3. The van der Waals surface area contributed by atoms with Crippen LogP contribution < -0.4 is 10.6 Å². The van der Waals surface area contributed by atoms with E-state index >= 15 is 4.79 Å². The molecule has 4 atom stereocenters. The SMILES string of the molecule is CN1C/C(=C\c2ccccc2)C(=O)[C@@]2(C1)[C@H](c1ccccc1)[C@@H](c1ccccc1)N[C@]21C(=O)Nc2ccccc21. The molecule has 40 heavy (non-hydrogen) atoms. The van der Waals surface area contributed by atoms with Gasteiger partial charge in [-0.3, -0.25) is 14.9 Å². The van der Waals surface area contributed by atoms with E-state index in [4.69, 9.17) is 0 Å². The predicted octanol–water partition coefficient (Wildman–Crippen LogP) is 5.55. The number of rotatable bonds is 3. The lowest BCUT2D eigenvalue weighted by Crippen LogP contribution is -2.65. The van der Waals surface area contributed by atoms with Crippen LogP contribution >= 0.6 is 0 Å². The number of carbonyl (C=O) groups is 2. The molecule has 3 aliphatic heterocycles. The second-order valence-corrected chi connectivity index (χ2v) is 11.2.